The third-order valence-electron chi connectivity index (χ3n) is 3.50. The first kappa shape index (κ1) is 9.72. The van der Waals surface area contributed by atoms with Gasteiger partial charge in [-0.3, -0.25) is 4.90 Å². The van der Waals surface area contributed by atoms with E-state index in [1.165, 1.54) is 18.5 Å². The number of likely N-dealkylation sites (tertiary alicyclic amines) is 1. The Bertz CT molecular complexity index is 281. The smallest absolute Gasteiger partial charge is 0.0236 e. The first-order valence-corrected chi connectivity index (χ1v) is 5.55. The molecule has 0 radical (unpaired) electrons. The topological polar surface area (TPSA) is 3.24 Å². The molecular weight excluding hydrogens is 170 g/mol. The Hall–Kier alpha value is -0.820. The molecule has 0 bridgehead atoms. The van der Waals surface area contributed by atoms with Crippen LogP contribution in [0.2, 0.25) is 0 Å². The molecule has 1 fully saturated rings. The molecule has 0 saturated carbocycles. The molecule has 1 heteroatoms. The van der Waals surface area contributed by atoms with E-state index in [0.717, 1.165) is 18.5 Å². The molecule has 2 atom stereocenters. The lowest BCUT2D eigenvalue weighted by Gasteiger charge is -2.22. The van der Waals surface area contributed by atoms with E-state index in [1.54, 1.807) is 0 Å². The SMILES string of the molecule is C[C@H]1CCN(Cc2ccccc2)[C@H]1C. The van der Waals surface area contributed by atoms with Crippen LogP contribution in [0.1, 0.15) is 25.8 Å². The van der Waals surface area contributed by atoms with Crippen LogP contribution in [0.4, 0.5) is 0 Å². The van der Waals surface area contributed by atoms with Crippen molar-refractivity contribution >= 4 is 0 Å². The normalized spacial score (nSPS) is 28.1. The van der Waals surface area contributed by atoms with Gasteiger partial charge in [0.05, 0.1) is 0 Å². The molecule has 1 heterocycles. The molecule has 0 spiro atoms. The third-order valence-corrected chi connectivity index (χ3v) is 3.50. The molecule has 0 amide bonds. The van der Waals surface area contributed by atoms with Gasteiger partial charge in [-0.2, -0.15) is 0 Å². The summed E-state index contributed by atoms with van der Waals surface area (Å²) in [5.41, 5.74) is 1.44. The summed E-state index contributed by atoms with van der Waals surface area (Å²) >= 11 is 0. The predicted molar refractivity (Wildman–Crippen MR) is 60.1 cm³/mol. The molecule has 2 rings (SSSR count). The van der Waals surface area contributed by atoms with Crippen molar-refractivity contribution in [1.82, 2.24) is 4.90 Å². The summed E-state index contributed by atoms with van der Waals surface area (Å²) in [5, 5.41) is 0. The molecule has 1 nitrogen and oxygen atoms in total. The Morgan fingerprint density at radius 1 is 1.21 bits per heavy atom. The summed E-state index contributed by atoms with van der Waals surface area (Å²) in [4.78, 5) is 2.58. The summed E-state index contributed by atoms with van der Waals surface area (Å²) in [7, 11) is 0. The fourth-order valence-corrected chi connectivity index (χ4v) is 2.22. The van der Waals surface area contributed by atoms with Gasteiger partial charge in [0, 0.05) is 12.6 Å². The lowest BCUT2D eigenvalue weighted by molar-refractivity contribution is 0.239. The summed E-state index contributed by atoms with van der Waals surface area (Å²) in [6, 6.07) is 11.5. The van der Waals surface area contributed by atoms with Crippen molar-refractivity contribution in [2.24, 2.45) is 5.92 Å². The fourth-order valence-electron chi connectivity index (χ4n) is 2.22. The first-order chi connectivity index (χ1) is 6.77. The van der Waals surface area contributed by atoms with Gasteiger partial charge in [-0.15, -0.1) is 0 Å². The molecule has 1 aliphatic rings. The van der Waals surface area contributed by atoms with E-state index in [2.05, 4.69) is 49.1 Å². The maximum absolute atomic E-state index is 2.58. The van der Waals surface area contributed by atoms with Crippen LogP contribution in [0.3, 0.4) is 0 Å². The van der Waals surface area contributed by atoms with Gasteiger partial charge in [0.1, 0.15) is 0 Å². The van der Waals surface area contributed by atoms with Gasteiger partial charge in [0.2, 0.25) is 0 Å². The minimum Gasteiger partial charge on any atom is -0.296 e. The van der Waals surface area contributed by atoms with Gasteiger partial charge in [-0.25, -0.2) is 0 Å². The van der Waals surface area contributed by atoms with Gasteiger partial charge >= 0.3 is 0 Å². The molecule has 1 aromatic carbocycles. The van der Waals surface area contributed by atoms with E-state index < -0.39 is 0 Å². The molecule has 0 N–H and O–H groups in total. The van der Waals surface area contributed by atoms with Crippen molar-refractivity contribution in [1.29, 1.82) is 0 Å². The molecule has 0 unspecified atom stereocenters. The minimum atomic E-state index is 0.746. The highest BCUT2D eigenvalue weighted by atomic mass is 15.2. The zero-order valence-corrected chi connectivity index (χ0v) is 9.11. The van der Waals surface area contributed by atoms with Crippen molar-refractivity contribution < 1.29 is 0 Å². The number of hydrogen-bond acceptors (Lipinski definition) is 1. The van der Waals surface area contributed by atoms with Crippen molar-refractivity contribution in [2.45, 2.75) is 32.9 Å². The molecule has 1 aromatic rings. The summed E-state index contributed by atoms with van der Waals surface area (Å²) in [6.45, 7) is 7.08. The number of rotatable bonds is 2. The van der Waals surface area contributed by atoms with Crippen LogP contribution in [0.5, 0.6) is 0 Å². The lowest BCUT2D eigenvalue weighted by Crippen LogP contribution is -2.28. The van der Waals surface area contributed by atoms with Crippen LogP contribution in [-0.2, 0) is 6.54 Å². The number of benzene rings is 1. The molecular formula is C13H19N. The van der Waals surface area contributed by atoms with Crippen molar-refractivity contribution in [2.75, 3.05) is 6.54 Å². The third kappa shape index (κ3) is 1.98. The predicted octanol–water partition coefficient (Wildman–Crippen LogP) is 2.92. The standard InChI is InChI=1S/C13H19N/c1-11-8-9-14(12(11)2)10-13-6-4-3-5-7-13/h3-7,11-12H,8-10H2,1-2H3/t11-,12-/m0/s1. The number of nitrogens with zero attached hydrogens (tertiary/aromatic N) is 1. The van der Waals surface area contributed by atoms with Crippen LogP contribution in [0, 0.1) is 5.92 Å². The Labute approximate surface area is 86.7 Å². The quantitative estimate of drug-likeness (QED) is 0.691. The summed E-state index contributed by atoms with van der Waals surface area (Å²) < 4.78 is 0. The average Bonchev–Trinajstić information content (AvgIpc) is 2.52. The second-order valence-electron chi connectivity index (χ2n) is 4.46. The highest BCUT2D eigenvalue weighted by Crippen LogP contribution is 2.24. The molecule has 1 saturated heterocycles. The van der Waals surface area contributed by atoms with Crippen molar-refractivity contribution in [3.05, 3.63) is 35.9 Å². The highest BCUT2D eigenvalue weighted by Gasteiger charge is 2.26. The Kier molecular flexibility index (Phi) is 2.87. The second-order valence-corrected chi connectivity index (χ2v) is 4.46. The average molecular weight is 189 g/mol. The molecule has 14 heavy (non-hydrogen) atoms. The van der Waals surface area contributed by atoms with E-state index in [0.29, 0.717) is 0 Å². The first-order valence-electron chi connectivity index (χ1n) is 5.55. The Morgan fingerprint density at radius 2 is 1.93 bits per heavy atom. The summed E-state index contributed by atoms with van der Waals surface area (Å²) in [6.07, 6.45) is 1.36. The second kappa shape index (κ2) is 4.14. The number of hydrogen-bond donors (Lipinski definition) is 0. The van der Waals surface area contributed by atoms with Crippen LogP contribution >= 0.6 is 0 Å². The van der Waals surface area contributed by atoms with Gasteiger partial charge in [0.15, 0.2) is 0 Å². The lowest BCUT2D eigenvalue weighted by atomic mass is 10.1. The van der Waals surface area contributed by atoms with Gasteiger partial charge in [-0.1, -0.05) is 37.3 Å². The maximum atomic E-state index is 2.58. The van der Waals surface area contributed by atoms with E-state index in [4.69, 9.17) is 0 Å². The largest absolute Gasteiger partial charge is 0.296 e. The van der Waals surface area contributed by atoms with Gasteiger partial charge in [0.25, 0.3) is 0 Å². The van der Waals surface area contributed by atoms with Crippen molar-refractivity contribution in [3.8, 4) is 0 Å². The van der Waals surface area contributed by atoms with Crippen LogP contribution in [0.25, 0.3) is 0 Å². The van der Waals surface area contributed by atoms with Crippen molar-refractivity contribution in [3.63, 3.8) is 0 Å². The van der Waals surface area contributed by atoms with Crippen LogP contribution in [0.15, 0.2) is 30.3 Å². The highest BCUT2D eigenvalue weighted by molar-refractivity contribution is 5.14. The summed E-state index contributed by atoms with van der Waals surface area (Å²) in [5.74, 6) is 0.860. The monoisotopic (exact) mass is 189 g/mol. The van der Waals surface area contributed by atoms with E-state index in [-0.39, 0.29) is 0 Å². The maximum Gasteiger partial charge on any atom is 0.0236 e. The molecule has 76 valence electrons. The van der Waals surface area contributed by atoms with Gasteiger partial charge < -0.3 is 0 Å². The zero-order chi connectivity index (χ0) is 9.97. The minimum absolute atomic E-state index is 0.746. The Morgan fingerprint density at radius 3 is 2.50 bits per heavy atom. The van der Waals surface area contributed by atoms with Crippen LogP contribution < -0.4 is 0 Å². The van der Waals surface area contributed by atoms with E-state index in [1.807, 2.05) is 0 Å². The van der Waals surface area contributed by atoms with E-state index in [9.17, 15) is 0 Å². The Balaban J connectivity index is 1.99. The van der Waals surface area contributed by atoms with E-state index >= 15 is 0 Å². The van der Waals surface area contributed by atoms with Crippen LogP contribution in [-0.4, -0.2) is 17.5 Å². The van der Waals surface area contributed by atoms with Gasteiger partial charge in [-0.05, 0) is 31.4 Å². The molecule has 0 aliphatic carbocycles. The fraction of sp³-hybridized carbons (Fsp3) is 0.538. The molecule has 0 aromatic heterocycles. The molecule has 1 aliphatic heterocycles. The zero-order valence-electron chi connectivity index (χ0n) is 9.11.